The van der Waals surface area contributed by atoms with Gasteiger partial charge in [0.1, 0.15) is 5.75 Å². The fraction of sp³-hybridized carbons (Fsp3) is 0.267. The summed E-state index contributed by atoms with van der Waals surface area (Å²) in [5, 5.41) is 4.59. The number of aliphatic imine (C=N–C) groups is 1. The van der Waals surface area contributed by atoms with Crippen LogP contribution in [0.3, 0.4) is 0 Å². The Morgan fingerprint density at radius 3 is 3.10 bits per heavy atom. The number of benzene rings is 1. The zero-order valence-corrected chi connectivity index (χ0v) is 14.2. The minimum absolute atomic E-state index is 0.893. The standard InChI is InChI=1S/C15H14N2OS3/c1-18-9-7-11(10-3-6-20-12(10)8-9)13-14(19-2)21-15-16-4-5-17(13)15/h3,6-8H,4-5H2,1-2H3. The van der Waals surface area contributed by atoms with E-state index in [-0.39, 0.29) is 0 Å². The molecular formula is C15H14N2OS3. The monoisotopic (exact) mass is 334 g/mol. The van der Waals surface area contributed by atoms with Crippen LogP contribution in [0.25, 0.3) is 15.8 Å². The van der Waals surface area contributed by atoms with E-state index in [2.05, 4.69) is 39.7 Å². The molecule has 2 aromatic rings. The summed E-state index contributed by atoms with van der Waals surface area (Å²) in [5.41, 5.74) is 2.56. The van der Waals surface area contributed by atoms with Gasteiger partial charge in [0.25, 0.3) is 0 Å². The average Bonchev–Trinajstić information content (AvgIpc) is 3.20. The van der Waals surface area contributed by atoms with Gasteiger partial charge < -0.3 is 9.64 Å². The van der Waals surface area contributed by atoms with E-state index < -0.39 is 0 Å². The molecule has 0 aliphatic carbocycles. The van der Waals surface area contributed by atoms with E-state index in [1.54, 1.807) is 42.0 Å². The van der Waals surface area contributed by atoms with Crippen molar-refractivity contribution in [2.45, 2.75) is 0 Å². The molecule has 21 heavy (non-hydrogen) atoms. The quantitative estimate of drug-likeness (QED) is 0.835. The first-order chi connectivity index (χ1) is 10.3. The predicted octanol–water partition coefficient (Wildman–Crippen LogP) is 4.32. The highest BCUT2D eigenvalue weighted by Crippen LogP contribution is 2.48. The molecule has 1 aromatic heterocycles. The molecule has 0 N–H and O–H groups in total. The van der Waals surface area contributed by atoms with Gasteiger partial charge in [0.2, 0.25) is 0 Å². The summed E-state index contributed by atoms with van der Waals surface area (Å²) in [6.07, 6.45) is 2.13. The summed E-state index contributed by atoms with van der Waals surface area (Å²) in [7, 11) is 1.73. The minimum Gasteiger partial charge on any atom is -0.497 e. The summed E-state index contributed by atoms with van der Waals surface area (Å²) in [4.78, 5) is 6.95. The first-order valence-electron chi connectivity index (χ1n) is 6.65. The van der Waals surface area contributed by atoms with E-state index in [1.165, 1.54) is 25.6 Å². The van der Waals surface area contributed by atoms with Crippen molar-refractivity contribution in [2.75, 3.05) is 26.5 Å². The molecular weight excluding hydrogens is 320 g/mol. The molecule has 0 fully saturated rings. The van der Waals surface area contributed by atoms with Crippen molar-refractivity contribution in [3.8, 4) is 5.75 Å². The number of rotatable bonds is 3. The van der Waals surface area contributed by atoms with Crippen molar-refractivity contribution in [2.24, 2.45) is 4.99 Å². The number of hydrogen-bond acceptors (Lipinski definition) is 6. The maximum absolute atomic E-state index is 5.49. The van der Waals surface area contributed by atoms with Crippen molar-refractivity contribution >= 4 is 55.8 Å². The Bertz CT molecular complexity index is 778. The van der Waals surface area contributed by atoms with Crippen molar-refractivity contribution in [1.82, 2.24) is 4.90 Å². The van der Waals surface area contributed by atoms with Gasteiger partial charge in [-0.25, -0.2) is 0 Å². The van der Waals surface area contributed by atoms with Crippen LogP contribution >= 0.6 is 34.9 Å². The first-order valence-corrected chi connectivity index (χ1v) is 9.57. The number of amidine groups is 1. The summed E-state index contributed by atoms with van der Waals surface area (Å²) < 4.78 is 8.09. The third-order valence-electron chi connectivity index (χ3n) is 3.67. The fourth-order valence-corrected chi connectivity index (χ4v) is 5.46. The summed E-state index contributed by atoms with van der Waals surface area (Å²) in [5.74, 6) is 0.919. The smallest absolute Gasteiger partial charge is 0.169 e. The number of nitrogens with zero attached hydrogens (tertiary/aromatic N) is 2. The van der Waals surface area contributed by atoms with Crippen LogP contribution in [-0.4, -0.2) is 36.5 Å². The van der Waals surface area contributed by atoms with E-state index >= 15 is 0 Å². The third kappa shape index (κ3) is 2.08. The molecule has 6 heteroatoms. The second kappa shape index (κ2) is 5.26. The zero-order valence-electron chi connectivity index (χ0n) is 11.8. The lowest BCUT2D eigenvalue weighted by Gasteiger charge is -2.18. The lowest BCUT2D eigenvalue weighted by atomic mass is 10.1. The Hall–Kier alpha value is -1.11. The Kier molecular flexibility index (Phi) is 3.40. The fourth-order valence-electron chi connectivity index (χ4n) is 2.72. The van der Waals surface area contributed by atoms with Gasteiger partial charge in [-0.1, -0.05) is 0 Å². The van der Waals surface area contributed by atoms with Crippen LogP contribution in [0.2, 0.25) is 0 Å². The largest absolute Gasteiger partial charge is 0.497 e. The van der Waals surface area contributed by atoms with Gasteiger partial charge in [0.15, 0.2) is 5.17 Å². The van der Waals surface area contributed by atoms with Crippen molar-refractivity contribution in [3.05, 3.63) is 33.4 Å². The van der Waals surface area contributed by atoms with E-state index in [4.69, 9.17) is 4.74 Å². The molecule has 4 rings (SSSR count). The molecule has 0 amide bonds. The second-order valence-electron chi connectivity index (χ2n) is 4.77. The molecule has 0 spiro atoms. The Morgan fingerprint density at radius 1 is 1.38 bits per heavy atom. The number of ether oxygens (including phenoxy) is 1. The Labute approximate surface area is 136 Å². The van der Waals surface area contributed by atoms with Gasteiger partial charge >= 0.3 is 0 Å². The van der Waals surface area contributed by atoms with Gasteiger partial charge in [0.05, 0.1) is 23.6 Å². The first kappa shape index (κ1) is 13.5. The van der Waals surface area contributed by atoms with E-state index in [9.17, 15) is 0 Å². The summed E-state index contributed by atoms with van der Waals surface area (Å²) in [6, 6.07) is 6.47. The molecule has 1 aromatic carbocycles. The SMILES string of the molecule is COc1cc(C2=C(SC)SC3=NCCN32)c2ccsc2c1. The molecule has 0 saturated carbocycles. The molecule has 0 radical (unpaired) electrons. The third-order valence-corrected chi connectivity index (χ3v) is 6.76. The van der Waals surface area contributed by atoms with Crippen LogP contribution in [0.15, 0.2) is 32.8 Å². The maximum atomic E-state index is 5.49. The van der Waals surface area contributed by atoms with Crippen LogP contribution in [0.4, 0.5) is 0 Å². The highest BCUT2D eigenvalue weighted by atomic mass is 32.2. The lowest BCUT2D eigenvalue weighted by Crippen LogP contribution is -2.20. The lowest BCUT2D eigenvalue weighted by molar-refractivity contribution is 0.415. The predicted molar refractivity (Wildman–Crippen MR) is 95.4 cm³/mol. The molecule has 2 aliphatic heterocycles. The number of thiophene rings is 1. The van der Waals surface area contributed by atoms with Gasteiger partial charge in [0, 0.05) is 22.2 Å². The average molecular weight is 334 g/mol. The van der Waals surface area contributed by atoms with E-state index in [1.807, 2.05) is 0 Å². The maximum Gasteiger partial charge on any atom is 0.169 e. The van der Waals surface area contributed by atoms with Gasteiger partial charge in [-0.2, -0.15) is 0 Å². The summed E-state index contributed by atoms with van der Waals surface area (Å²) in [6.45, 7) is 1.87. The highest BCUT2D eigenvalue weighted by molar-refractivity contribution is 8.30. The topological polar surface area (TPSA) is 24.8 Å². The van der Waals surface area contributed by atoms with E-state index in [0.29, 0.717) is 0 Å². The molecule has 0 unspecified atom stereocenters. The molecule has 2 aliphatic rings. The number of methoxy groups -OCH3 is 1. The number of thioether (sulfide) groups is 2. The van der Waals surface area contributed by atoms with Crippen LogP contribution < -0.4 is 4.74 Å². The summed E-state index contributed by atoms with van der Waals surface area (Å²) >= 11 is 5.35. The molecule has 0 atom stereocenters. The van der Waals surface area contributed by atoms with Crippen LogP contribution in [0, 0.1) is 0 Å². The second-order valence-corrected chi connectivity index (χ2v) is 7.77. The molecule has 108 valence electrons. The molecule has 0 bridgehead atoms. The Morgan fingerprint density at radius 2 is 2.29 bits per heavy atom. The van der Waals surface area contributed by atoms with Crippen LogP contribution in [0.5, 0.6) is 5.75 Å². The van der Waals surface area contributed by atoms with Gasteiger partial charge in [-0.3, -0.25) is 4.99 Å². The van der Waals surface area contributed by atoms with Gasteiger partial charge in [-0.15, -0.1) is 23.1 Å². The van der Waals surface area contributed by atoms with E-state index in [0.717, 1.165) is 24.0 Å². The number of fused-ring (bicyclic) bond motifs is 2. The molecule has 3 nitrogen and oxygen atoms in total. The molecule has 0 saturated heterocycles. The minimum atomic E-state index is 0.893. The van der Waals surface area contributed by atoms with Crippen LogP contribution in [0.1, 0.15) is 5.56 Å². The Balaban J connectivity index is 1.96. The van der Waals surface area contributed by atoms with Crippen molar-refractivity contribution in [1.29, 1.82) is 0 Å². The van der Waals surface area contributed by atoms with Gasteiger partial charge in [-0.05, 0) is 41.6 Å². The normalized spacial score (nSPS) is 17.6. The van der Waals surface area contributed by atoms with Crippen molar-refractivity contribution < 1.29 is 4.74 Å². The van der Waals surface area contributed by atoms with Crippen LogP contribution in [-0.2, 0) is 0 Å². The highest BCUT2D eigenvalue weighted by Gasteiger charge is 2.33. The van der Waals surface area contributed by atoms with Crippen molar-refractivity contribution in [3.63, 3.8) is 0 Å². The number of hydrogen-bond donors (Lipinski definition) is 0. The molecule has 3 heterocycles. The zero-order chi connectivity index (χ0) is 14.4.